The Labute approximate surface area is 89.9 Å². The van der Waals surface area contributed by atoms with Crippen molar-refractivity contribution in [3.63, 3.8) is 0 Å². The van der Waals surface area contributed by atoms with E-state index in [0.29, 0.717) is 18.9 Å². The minimum Gasteiger partial charge on any atom is -0.388 e. The van der Waals surface area contributed by atoms with E-state index >= 15 is 0 Å². The molecule has 0 aromatic heterocycles. The van der Waals surface area contributed by atoms with Gasteiger partial charge in [0.1, 0.15) is 0 Å². The summed E-state index contributed by atoms with van der Waals surface area (Å²) in [5.41, 5.74) is 5.45. The SMILES string of the molecule is CC(CN)CCC(=O)N1CC(O)C(O)C1. The van der Waals surface area contributed by atoms with Crippen LogP contribution < -0.4 is 5.73 Å². The third kappa shape index (κ3) is 3.44. The standard InChI is InChI=1S/C10H20N2O3/c1-7(4-11)2-3-10(15)12-5-8(13)9(14)6-12/h7-9,13-14H,2-6,11H2,1H3. The summed E-state index contributed by atoms with van der Waals surface area (Å²) in [5, 5.41) is 18.6. The zero-order chi connectivity index (χ0) is 11.4. The van der Waals surface area contributed by atoms with Gasteiger partial charge in [0.25, 0.3) is 0 Å². The predicted molar refractivity (Wildman–Crippen MR) is 56.0 cm³/mol. The highest BCUT2D eigenvalue weighted by Gasteiger charge is 2.32. The van der Waals surface area contributed by atoms with Gasteiger partial charge in [-0.2, -0.15) is 0 Å². The van der Waals surface area contributed by atoms with Gasteiger partial charge in [0.05, 0.1) is 12.2 Å². The molecule has 0 bridgehead atoms. The lowest BCUT2D eigenvalue weighted by Gasteiger charge is -2.16. The van der Waals surface area contributed by atoms with Gasteiger partial charge in [-0.15, -0.1) is 0 Å². The Morgan fingerprint density at radius 1 is 1.47 bits per heavy atom. The molecule has 5 heteroatoms. The van der Waals surface area contributed by atoms with Crippen LogP contribution in [-0.2, 0) is 4.79 Å². The molecular formula is C10H20N2O3. The fraction of sp³-hybridized carbons (Fsp3) is 0.900. The molecule has 0 aromatic rings. The lowest BCUT2D eigenvalue weighted by atomic mass is 10.1. The molecule has 0 aliphatic carbocycles. The van der Waals surface area contributed by atoms with Crippen molar-refractivity contribution < 1.29 is 15.0 Å². The highest BCUT2D eigenvalue weighted by molar-refractivity contribution is 5.76. The first-order valence-corrected chi connectivity index (χ1v) is 5.38. The molecule has 5 nitrogen and oxygen atoms in total. The zero-order valence-corrected chi connectivity index (χ0v) is 9.09. The van der Waals surface area contributed by atoms with Crippen LogP contribution in [0.5, 0.6) is 0 Å². The number of carbonyl (C=O) groups excluding carboxylic acids is 1. The van der Waals surface area contributed by atoms with Crippen LogP contribution >= 0.6 is 0 Å². The van der Waals surface area contributed by atoms with E-state index in [-0.39, 0.29) is 19.0 Å². The maximum Gasteiger partial charge on any atom is 0.222 e. The Hall–Kier alpha value is -0.650. The molecule has 1 heterocycles. The van der Waals surface area contributed by atoms with Gasteiger partial charge in [-0.05, 0) is 18.9 Å². The third-order valence-corrected chi connectivity index (χ3v) is 2.87. The minimum absolute atomic E-state index is 0.00843. The summed E-state index contributed by atoms with van der Waals surface area (Å²) in [6.45, 7) is 3.08. The molecule has 15 heavy (non-hydrogen) atoms. The van der Waals surface area contributed by atoms with Gasteiger partial charge in [0, 0.05) is 19.5 Å². The second kappa shape index (κ2) is 5.44. The van der Waals surface area contributed by atoms with Crippen LogP contribution in [0.3, 0.4) is 0 Å². The van der Waals surface area contributed by atoms with Crippen molar-refractivity contribution in [2.75, 3.05) is 19.6 Å². The van der Waals surface area contributed by atoms with Crippen molar-refractivity contribution in [3.05, 3.63) is 0 Å². The first-order chi connectivity index (χ1) is 7.04. The molecular weight excluding hydrogens is 196 g/mol. The van der Waals surface area contributed by atoms with E-state index in [1.165, 1.54) is 4.90 Å². The first-order valence-electron chi connectivity index (χ1n) is 5.38. The molecule has 1 aliphatic heterocycles. The molecule has 1 aliphatic rings. The van der Waals surface area contributed by atoms with Gasteiger partial charge in [-0.25, -0.2) is 0 Å². The predicted octanol–water partition coefficient (Wildman–Crippen LogP) is -1.07. The molecule has 3 atom stereocenters. The Morgan fingerprint density at radius 2 is 2.00 bits per heavy atom. The third-order valence-electron chi connectivity index (χ3n) is 2.87. The Bertz CT molecular complexity index is 213. The van der Waals surface area contributed by atoms with Crippen LogP contribution in [0.15, 0.2) is 0 Å². The van der Waals surface area contributed by atoms with Crippen LogP contribution in [0, 0.1) is 5.92 Å². The topological polar surface area (TPSA) is 86.8 Å². The Balaban J connectivity index is 2.29. The molecule has 1 fully saturated rings. The van der Waals surface area contributed by atoms with Crippen LogP contribution in [0.2, 0.25) is 0 Å². The minimum atomic E-state index is -0.791. The van der Waals surface area contributed by atoms with E-state index < -0.39 is 12.2 Å². The summed E-state index contributed by atoms with van der Waals surface area (Å²) in [6, 6.07) is 0. The largest absolute Gasteiger partial charge is 0.388 e. The van der Waals surface area contributed by atoms with E-state index in [9.17, 15) is 15.0 Å². The number of rotatable bonds is 4. The number of nitrogens with zero attached hydrogens (tertiary/aromatic N) is 1. The fourth-order valence-electron chi connectivity index (χ4n) is 1.62. The van der Waals surface area contributed by atoms with Crippen LogP contribution in [0.4, 0.5) is 0 Å². The number of aliphatic hydroxyl groups is 2. The number of β-amino-alcohol motifs (C(OH)–C–C–N with tert-alkyl or cyclic N) is 2. The number of aliphatic hydroxyl groups excluding tert-OH is 2. The fourth-order valence-corrected chi connectivity index (χ4v) is 1.62. The van der Waals surface area contributed by atoms with E-state index in [2.05, 4.69) is 0 Å². The quantitative estimate of drug-likeness (QED) is 0.558. The molecule has 4 N–H and O–H groups in total. The number of nitrogens with two attached hydrogens (primary N) is 1. The number of hydrogen-bond acceptors (Lipinski definition) is 4. The van der Waals surface area contributed by atoms with E-state index in [1.807, 2.05) is 6.92 Å². The zero-order valence-electron chi connectivity index (χ0n) is 9.09. The smallest absolute Gasteiger partial charge is 0.222 e. The molecule has 0 spiro atoms. The van der Waals surface area contributed by atoms with E-state index in [1.54, 1.807) is 0 Å². The second-order valence-corrected chi connectivity index (χ2v) is 4.31. The highest BCUT2D eigenvalue weighted by Crippen LogP contribution is 2.13. The maximum atomic E-state index is 11.6. The molecule has 0 saturated carbocycles. The normalized spacial score (nSPS) is 28.1. The van der Waals surface area contributed by atoms with Crippen LogP contribution in [-0.4, -0.2) is 52.9 Å². The monoisotopic (exact) mass is 216 g/mol. The maximum absolute atomic E-state index is 11.6. The molecule has 0 aromatic carbocycles. The lowest BCUT2D eigenvalue weighted by Crippen LogP contribution is -2.30. The molecule has 88 valence electrons. The molecule has 1 rings (SSSR count). The van der Waals surface area contributed by atoms with Gasteiger partial charge in [0.15, 0.2) is 0 Å². The van der Waals surface area contributed by atoms with Crippen molar-refractivity contribution in [3.8, 4) is 0 Å². The summed E-state index contributed by atoms with van der Waals surface area (Å²) in [7, 11) is 0. The van der Waals surface area contributed by atoms with Gasteiger partial charge in [-0.1, -0.05) is 6.92 Å². The van der Waals surface area contributed by atoms with E-state index in [0.717, 1.165) is 6.42 Å². The first kappa shape index (κ1) is 12.4. The Kier molecular flexibility index (Phi) is 4.50. The number of hydrogen-bond donors (Lipinski definition) is 3. The summed E-state index contributed by atoms with van der Waals surface area (Å²) in [4.78, 5) is 13.1. The molecule has 1 saturated heterocycles. The van der Waals surface area contributed by atoms with Crippen molar-refractivity contribution >= 4 is 5.91 Å². The number of likely N-dealkylation sites (tertiary alicyclic amines) is 1. The molecule has 0 radical (unpaired) electrons. The molecule has 1 amide bonds. The van der Waals surface area contributed by atoms with Crippen molar-refractivity contribution in [1.29, 1.82) is 0 Å². The van der Waals surface area contributed by atoms with Crippen LogP contribution in [0.25, 0.3) is 0 Å². The summed E-state index contributed by atoms with van der Waals surface area (Å²) < 4.78 is 0. The summed E-state index contributed by atoms with van der Waals surface area (Å²) in [6.07, 6.45) is -0.378. The average Bonchev–Trinajstić information content (AvgIpc) is 2.55. The van der Waals surface area contributed by atoms with Crippen molar-refractivity contribution in [2.45, 2.75) is 32.0 Å². The Morgan fingerprint density at radius 3 is 2.47 bits per heavy atom. The van der Waals surface area contributed by atoms with Gasteiger partial charge in [0.2, 0.25) is 5.91 Å². The van der Waals surface area contributed by atoms with Gasteiger partial charge >= 0.3 is 0 Å². The summed E-state index contributed by atoms with van der Waals surface area (Å²) in [5.74, 6) is 0.331. The van der Waals surface area contributed by atoms with Crippen molar-refractivity contribution in [2.24, 2.45) is 11.7 Å². The lowest BCUT2D eigenvalue weighted by molar-refractivity contribution is -0.131. The van der Waals surface area contributed by atoms with Crippen molar-refractivity contribution in [1.82, 2.24) is 4.90 Å². The second-order valence-electron chi connectivity index (χ2n) is 4.31. The number of carbonyl (C=O) groups is 1. The van der Waals surface area contributed by atoms with Gasteiger partial charge < -0.3 is 20.8 Å². The summed E-state index contributed by atoms with van der Waals surface area (Å²) >= 11 is 0. The number of amides is 1. The van der Waals surface area contributed by atoms with E-state index in [4.69, 9.17) is 5.73 Å². The molecule has 3 unspecified atom stereocenters. The highest BCUT2D eigenvalue weighted by atomic mass is 16.3. The van der Waals surface area contributed by atoms with Gasteiger partial charge in [-0.3, -0.25) is 4.79 Å². The van der Waals surface area contributed by atoms with Crippen LogP contribution in [0.1, 0.15) is 19.8 Å². The average molecular weight is 216 g/mol.